The zero-order chi connectivity index (χ0) is 33.5. The molecule has 0 spiro atoms. The van der Waals surface area contributed by atoms with Gasteiger partial charge in [0, 0.05) is 53.1 Å². The number of hydrogen-bond donors (Lipinski definition) is 0. The summed E-state index contributed by atoms with van der Waals surface area (Å²) in [6.07, 6.45) is 0. The first-order chi connectivity index (χ1) is 25.3. The average Bonchev–Trinajstić information content (AvgIpc) is 3.87. The van der Waals surface area contributed by atoms with Crippen LogP contribution in [-0.2, 0) is 0 Å². The third kappa shape index (κ3) is 4.32. The van der Waals surface area contributed by atoms with Crippen molar-refractivity contribution in [3.05, 3.63) is 164 Å². The maximum absolute atomic E-state index is 6.77. The van der Waals surface area contributed by atoms with Crippen LogP contribution in [0.4, 0.5) is 0 Å². The number of benzene rings is 7. The Morgan fingerprint density at radius 3 is 1.94 bits per heavy atom. The Kier molecular flexibility index (Phi) is 6.09. The molecular weight excluding hydrogens is 643 g/mol. The molecule has 0 N–H and O–H groups in total. The molecule has 7 aromatic carbocycles. The number of hydrogen-bond acceptors (Lipinski definition) is 4. The van der Waals surface area contributed by atoms with Crippen molar-refractivity contribution >= 4 is 75.4 Å². The lowest BCUT2D eigenvalue weighted by molar-refractivity contribution is 0.667. The predicted molar refractivity (Wildman–Crippen MR) is 213 cm³/mol. The largest absolute Gasteiger partial charge is 0.452 e. The molecular formula is C46H27N3OS. The van der Waals surface area contributed by atoms with Crippen LogP contribution in [0.15, 0.2) is 168 Å². The van der Waals surface area contributed by atoms with Gasteiger partial charge in [-0.05, 0) is 53.6 Å². The highest BCUT2D eigenvalue weighted by Crippen LogP contribution is 2.43. The minimum Gasteiger partial charge on any atom is -0.452 e. The maximum Gasteiger partial charge on any atom is 0.180 e. The van der Waals surface area contributed by atoms with E-state index in [1.54, 1.807) is 11.3 Å². The van der Waals surface area contributed by atoms with Gasteiger partial charge in [-0.25, -0.2) is 9.97 Å². The molecule has 0 bridgehead atoms. The van der Waals surface area contributed by atoms with E-state index in [0.29, 0.717) is 11.4 Å². The molecule has 11 rings (SSSR count). The molecule has 0 aliphatic rings. The van der Waals surface area contributed by atoms with Crippen LogP contribution in [0.5, 0.6) is 0 Å². The maximum atomic E-state index is 6.77. The molecule has 0 aliphatic heterocycles. The van der Waals surface area contributed by atoms with Gasteiger partial charge < -0.3 is 8.98 Å². The van der Waals surface area contributed by atoms with E-state index in [2.05, 4.69) is 150 Å². The van der Waals surface area contributed by atoms with Crippen molar-refractivity contribution in [3.8, 4) is 39.5 Å². The average molecular weight is 670 g/mol. The molecule has 4 heterocycles. The highest BCUT2D eigenvalue weighted by molar-refractivity contribution is 7.26. The summed E-state index contributed by atoms with van der Waals surface area (Å²) >= 11 is 1.80. The van der Waals surface area contributed by atoms with E-state index in [0.717, 1.165) is 50.1 Å². The fourth-order valence-electron chi connectivity index (χ4n) is 7.66. The second-order valence-electron chi connectivity index (χ2n) is 12.9. The van der Waals surface area contributed by atoms with Crippen LogP contribution in [0.1, 0.15) is 0 Å². The van der Waals surface area contributed by atoms with E-state index in [9.17, 15) is 0 Å². The topological polar surface area (TPSA) is 43.9 Å². The number of nitrogens with zero attached hydrogens (tertiary/aromatic N) is 3. The zero-order valence-corrected chi connectivity index (χ0v) is 28.1. The highest BCUT2D eigenvalue weighted by atomic mass is 32.1. The van der Waals surface area contributed by atoms with Crippen LogP contribution in [0.25, 0.3) is 104 Å². The first kappa shape index (κ1) is 28.3. The molecule has 5 heteroatoms. The molecule has 0 unspecified atom stereocenters. The SMILES string of the molecule is c1ccc(-c2nc(-c3cccc4c3sc3ccccc34)c3oc4cc(-c5ccc(-n6c7ccccc7c7ccccc76)cc5)ccc4c3n2)cc1. The first-order valence-electron chi connectivity index (χ1n) is 17.1. The number of aromatic nitrogens is 3. The van der Waals surface area contributed by atoms with Crippen molar-refractivity contribution in [2.24, 2.45) is 0 Å². The van der Waals surface area contributed by atoms with E-state index < -0.39 is 0 Å². The zero-order valence-electron chi connectivity index (χ0n) is 27.2. The van der Waals surface area contributed by atoms with Gasteiger partial charge in [-0.3, -0.25) is 0 Å². The summed E-state index contributed by atoms with van der Waals surface area (Å²) in [4.78, 5) is 10.3. The van der Waals surface area contributed by atoms with Crippen LogP contribution in [-0.4, -0.2) is 14.5 Å². The van der Waals surface area contributed by atoms with Gasteiger partial charge in [0.25, 0.3) is 0 Å². The molecule has 238 valence electrons. The van der Waals surface area contributed by atoms with Gasteiger partial charge in [0.15, 0.2) is 11.4 Å². The Morgan fingerprint density at radius 1 is 0.490 bits per heavy atom. The summed E-state index contributed by atoms with van der Waals surface area (Å²) in [5.74, 6) is 0.684. The first-order valence-corrected chi connectivity index (χ1v) is 17.9. The van der Waals surface area contributed by atoms with Crippen LogP contribution < -0.4 is 0 Å². The van der Waals surface area contributed by atoms with E-state index in [-0.39, 0.29) is 0 Å². The predicted octanol–water partition coefficient (Wildman–Crippen LogP) is 12.8. The fraction of sp³-hybridized carbons (Fsp3) is 0. The Hall–Kier alpha value is -6.56. The lowest BCUT2D eigenvalue weighted by atomic mass is 10.0. The molecule has 0 radical (unpaired) electrons. The van der Waals surface area contributed by atoms with Crippen molar-refractivity contribution in [2.75, 3.05) is 0 Å². The summed E-state index contributed by atoms with van der Waals surface area (Å²) in [6.45, 7) is 0. The van der Waals surface area contributed by atoms with Gasteiger partial charge in [0.2, 0.25) is 0 Å². The van der Waals surface area contributed by atoms with Crippen molar-refractivity contribution < 1.29 is 4.42 Å². The minimum absolute atomic E-state index is 0.684. The molecule has 0 aliphatic carbocycles. The van der Waals surface area contributed by atoms with Crippen molar-refractivity contribution in [1.29, 1.82) is 0 Å². The van der Waals surface area contributed by atoms with Crippen LogP contribution >= 0.6 is 11.3 Å². The summed E-state index contributed by atoms with van der Waals surface area (Å²) in [6, 6.07) is 57.8. The van der Waals surface area contributed by atoms with E-state index >= 15 is 0 Å². The number of fused-ring (bicyclic) bond motifs is 9. The number of furan rings is 1. The molecule has 0 atom stereocenters. The summed E-state index contributed by atoms with van der Waals surface area (Å²) in [5.41, 5.74) is 10.9. The molecule has 0 saturated heterocycles. The van der Waals surface area contributed by atoms with Gasteiger partial charge in [0.1, 0.15) is 16.8 Å². The Balaban J connectivity index is 1.08. The van der Waals surface area contributed by atoms with Crippen LogP contribution in [0.3, 0.4) is 0 Å². The molecule has 0 saturated carbocycles. The normalized spacial score (nSPS) is 11.9. The summed E-state index contributed by atoms with van der Waals surface area (Å²) < 4.78 is 11.6. The summed E-state index contributed by atoms with van der Waals surface area (Å²) in [5, 5.41) is 5.97. The third-order valence-electron chi connectivity index (χ3n) is 10.0. The Morgan fingerprint density at radius 2 is 1.16 bits per heavy atom. The number of thiophene rings is 1. The van der Waals surface area contributed by atoms with E-state index in [1.807, 2.05) is 18.2 Å². The van der Waals surface area contributed by atoms with E-state index in [4.69, 9.17) is 14.4 Å². The molecule has 51 heavy (non-hydrogen) atoms. The lowest BCUT2D eigenvalue weighted by Gasteiger charge is -2.09. The smallest absolute Gasteiger partial charge is 0.180 e. The molecule has 4 aromatic heterocycles. The second-order valence-corrected chi connectivity index (χ2v) is 14.0. The minimum atomic E-state index is 0.684. The van der Waals surface area contributed by atoms with Crippen LogP contribution in [0.2, 0.25) is 0 Å². The molecule has 0 fully saturated rings. The van der Waals surface area contributed by atoms with Gasteiger partial charge in [0.05, 0.1) is 11.0 Å². The van der Waals surface area contributed by atoms with Crippen molar-refractivity contribution in [2.45, 2.75) is 0 Å². The molecule has 0 amide bonds. The Labute approximate surface area is 296 Å². The Bertz CT molecular complexity index is 3080. The molecule has 4 nitrogen and oxygen atoms in total. The van der Waals surface area contributed by atoms with Gasteiger partial charge in [-0.15, -0.1) is 11.3 Å². The van der Waals surface area contributed by atoms with Crippen molar-refractivity contribution in [1.82, 2.24) is 14.5 Å². The van der Waals surface area contributed by atoms with E-state index in [1.165, 1.54) is 42.0 Å². The van der Waals surface area contributed by atoms with Gasteiger partial charge in [-0.1, -0.05) is 121 Å². The van der Waals surface area contributed by atoms with Gasteiger partial charge in [-0.2, -0.15) is 0 Å². The monoisotopic (exact) mass is 669 g/mol. The number of para-hydroxylation sites is 2. The fourth-order valence-corrected chi connectivity index (χ4v) is 8.87. The summed E-state index contributed by atoms with van der Waals surface area (Å²) in [7, 11) is 0. The lowest BCUT2D eigenvalue weighted by Crippen LogP contribution is -1.94. The highest BCUT2D eigenvalue weighted by Gasteiger charge is 2.21. The second kappa shape index (κ2) is 11.0. The van der Waals surface area contributed by atoms with Gasteiger partial charge >= 0.3 is 0 Å². The standard InChI is InChI=1S/C46H27N3OS/c1-2-11-29(12-3-1)46-47-42-36-26-23-30(28-21-24-31(25-22-28)49-38-18-7-4-13-32(38)33-14-5-8-19-39(33)49)27-40(36)50-44(42)43(48-46)37-17-10-16-35-34-15-6-9-20-41(34)51-45(35)37/h1-27H. The van der Waals surface area contributed by atoms with Crippen molar-refractivity contribution in [3.63, 3.8) is 0 Å². The van der Waals surface area contributed by atoms with Crippen LogP contribution in [0, 0.1) is 0 Å². The quantitative estimate of drug-likeness (QED) is 0.187. The third-order valence-corrected chi connectivity index (χ3v) is 11.3. The molecule has 11 aromatic rings. The number of rotatable bonds is 4.